The van der Waals surface area contributed by atoms with Crippen LogP contribution in [-0.2, 0) is 11.2 Å². The molecule has 0 radical (unpaired) electrons. The van der Waals surface area contributed by atoms with Crippen LogP contribution in [0.4, 0.5) is 0 Å². The first kappa shape index (κ1) is 23.3. The molecule has 0 aliphatic heterocycles. The Morgan fingerprint density at radius 2 is 1.66 bits per heavy atom. The van der Waals surface area contributed by atoms with Gasteiger partial charge in [-0.15, -0.1) is 0 Å². The van der Waals surface area contributed by atoms with E-state index in [1.165, 1.54) is 43.1 Å². The van der Waals surface area contributed by atoms with Crippen LogP contribution in [0.1, 0.15) is 77.7 Å². The third-order valence-corrected chi connectivity index (χ3v) is 5.61. The molecule has 0 saturated heterocycles. The number of hydrogen-bond donors (Lipinski definition) is 1. The van der Waals surface area contributed by atoms with Crippen LogP contribution < -0.4 is 10.1 Å². The Morgan fingerprint density at radius 3 is 2.38 bits per heavy atom. The van der Waals surface area contributed by atoms with Gasteiger partial charge in [0.2, 0.25) is 5.91 Å². The molecule has 0 heterocycles. The molecule has 0 spiro atoms. The molecule has 0 unspecified atom stereocenters. The second-order valence-electron chi connectivity index (χ2n) is 8.97. The predicted octanol–water partition coefficient (Wildman–Crippen LogP) is 6.67. The van der Waals surface area contributed by atoms with E-state index in [4.69, 9.17) is 4.74 Å². The quantitative estimate of drug-likeness (QED) is 0.383. The van der Waals surface area contributed by atoms with Gasteiger partial charge in [0.15, 0.2) is 0 Å². The Bertz CT molecular complexity index is 766. The molecule has 3 nitrogen and oxygen atoms in total. The fourth-order valence-electron chi connectivity index (χ4n) is 3.92. The molecule has 0 aromatic heterocycles. The van der Waals surface area contributed by atoms with Crippen LogP contribution in [-0.4, -0.2) is 19.6 Å². The fraction of sp³-hybridized carbons (Fsp3) is 0.577. The second-order valence-corrected chi connectivity index (χ2v) is 8.97. The summed E-state index contributed by atoms with van der Waals surface area (Å²) >= 11 is 0. The molecule has 0 aliphatic rings. The number of ether oxygens (including phenoxy) is 1. The number of benzene rings is 2. The molecule has 29 heavy (non-hydrogen) atoms. The number of amides is 1. The molecule has 160 valence electrons. The third-order valence-electron chi connectivity index (χ3n) is 5.61. The lowest BCUT2D eigenvalue weighted by atomic mass is 9.84. The van der Waals surface area contributed by atoms with Crippen molar-refractivity contribution in [3.8, 4) is 5.75 Å². The van der Waals surface area contributed by atoms with Crippen molar-refractivity contribution in [3.05, 3.63) is 42.0 Å². The number of nitrogens with one attached hydrogen (secondary N) is 1. The summed E-state index contributed by atoms with van der Waals surface area (Å²) in [7, 11) is 1.74. The van der Waals surface area contributed by atoms with E-state index in [9.17, 15) is 4.79 Å². The lowest BCUT2D eigenvalue weighted by molar-refractivity contribution is -0.121. The Balaban J connectivity index is 1.81. The van der Waals surface area contributed by atoms with E-state index in [1.54, 1.807) is 7.11 Å². The maximum atomic E-state index is 12.2. The standard InChI is InChI=1S/C26H39NO2/c1-5-6-7-8-9-10-11-16-24(28)27-20-26(2,3)19-22-18-17-21-14-12-13-15-23(21)25(22)29-4/h12-15,17-18H,5-11,16,19-20H2,1-4H3,(H,27,28). The smallest absolute Gasteiger partial charge is 0.220 e. The SMILES string of the molecule is CCCCCCCCCC(=O)NCC(C)(C)Cc1ccc2ccccc2c1OC. The highest BCUT2D eigenvalue weighted by Crippen LogP contribution is 2.33. The van der Waals surface area contributed by atoms with Gasteiger partial charge in [-0.3, -0.25) is 4.79 Å². The lowest BCUT2D eigenvalue weighted by Crippen LogP contribution is -2.35. The number of unbranched alkanes of at least 4 members (excludes halogenated alkanes) is 6. The molecular weight excluding hydrogens is 358 g/mol. The van der Waals surface area contributed by atoms with Gasteiger partial charge in [-0.25, -0.2) is 0 Å². The van der Waals surface area contributed by atoms with Gasteiger partial charge in [-0.05, 0) is 29.2 Å². The Hall–Kier alpha value is -2.03. The molecule has 2 aromatic carbocycles. The van der Waals surface area contributed by atoms with Gasteiger partial charge in [0.05, 0.1) is 7.11 Å². The molecule has 0 aliphatic carbocycles. The highest BCUT2D eigenvalue weighted by atomic mass is 16.5. The molecule has 1 amide bonds. The molecule has 0 atom stereocenters. The largest absolute Gasteiger partial charge is 0.496 e. The topological polar surface area (TPSA) is 38.3 Å². The minimum atomic E-state index is -0.0362. The summed E-state index contributed by atoms with van der Waals surface area (Å²) in [6, 6.07) is 12.6. The number of carbonyl (C=O) groups is 1. The summed E-state index contributed by atoms with van der Waals surface area (Å²) in [6.45, 7) is 7.32. The third kappa shape index (κ3) is 7.72. The van der Waals surface area contributed by atoms with Crippen molar-refractivity contribution in [3.63, 3.8) is 0 Å². The summed E-state index contributed by atoms with van der Waals surface area (Å²) in [5, 5.41) is 5.48. The van der Waals surface area contributed by atoms with E-state index in [-0.39, 0.29) is 11.3 Å². The zero-order valence-corrected chi connectivity index (χ0v) is 18.9. The molecule has 2 aromatic rings. The van der Waals surface area contributed by atoms with Crippen LogP contribution in [0, 0.1) is 5.41 Å². The number of carbonyl (C=O) groups excluding carboxylic acids is 1. The highest BCUT2D eigenvalue weighted by molar-refractivity contribution is 5.89. The molecule has 1 N–H and O–H groups in total. The summed E-state index contributed by atoms with van der Waals surface area (Å²) in [4.78, 5) is 12.2. The number of fused-ring (bicyclic) bond motifs is 1. The number of rotatable bonds is 13. The van der Waals surface area contributed by atoms with Crippen molar-refractivity contribution in [2.24, 2.45) is 5.41 Å². The summed E-state index contributed by atoms with van der Waals surface area (Å²) in [6.07, 6.45) is 10.2. The van der Waals surface area contributed by atoms with Crippen LogP contribution in [0.2, 0.25) is 0 Å². The van der Waals surface area contributed by atoms with Crippen molar-refractivity contribution in [1.82, 2.24) is 5.32 Å². The Morgan fingerprint density at radius 1 is 0.966 bits per heavy atom. The monoisotopic (exact) mass is 397 g/mol. The number of hydrogen-bond acceptors (Lipinski definition) is 2. The first-order valence-corrected chi connectivity index (χ1v) is 11.3. The maximum Gasteiger partial charge on any atom is 0.220 e. The van der Waals surface area contributed by atoms with E-state index < -0.39 is 0 Å². The van der Waals surface area contributed by atoms with E-state index in [1.807, 2.05) is 12.1 Å². The first-order chi connectivity index (χ1) is 14.0. The second kappa shape index (κ2) is 11.8. The minimum absolute atomic E-state index is 0.0362. The summed E-state index contributed by atoms with van der Waals surface area (Å²) < 4.78 is 5.74. The zero-order chi connectivity index (χ0) is 21.1. The van der Waals surface area contributed by atoms with Gasteiger partial charge in [0, 0.05) is 18.4 Å². The van der Waals surface area contributed by atoms with Crippen LogP contribution >= 0.6 is 0 Å². The molecular formula is C26H39NO2. The Kier molecular flexibility index (Phi) is 9.50. The van der Waals surface area contributed by atoms with E-state index in [0.717, 1.165) is 30.4 Å². The van der Waals surface area contributed by atoms with Gasteiger partial charge in [0.25, 0.3) is 0 Å². The maximum absolute atomic E-state index is 12.2. The molecule has 3 heteroatoms. The van der Waals surface area contributed by atoms with E-state index in [2.05, 4.69) is 50.4 Å². The van der Waals surface area contributed by atoms with Crippen LogP contribution in [0.15, 0.2) is 36.4 Å². The average molecular weight is 398 g/mol. The molecule has 0 fully saturated rings. The van der Waals surface area contributed by atoms with Gasteiger partial charge < -0.3 is 10.1 Å². The first-order valence-electron chi connectivity index (χ1n) is 11.3. The molecule has 0 bridgehead atoms. The van der Waals surface area contributed by atoms with Crippen LogP contribution in [0.3, 0.4) is 0 Å². The average Bonchev–Trinajstić information content (AvgIpc) is 2.71. The van der Waals surface area contributed by atoms with Crippen molar-refractivity contribution >= 4 is 16.7 Å². The highest BCUT2D eigenvalue weighted by Gasteiger charge is 2.22. The van der Waals surface area contributed by atoms with Gasteiger partial charge in [-0.2, -0.15) is 0 Å². The van der Waals surface area contributed by atoms with Crippen LogP contribution in [0.5, 0.6) is 5.75 Å². The van der Waals surface area contributed by atoms with Gasteiger partial charge >= 0.3 is 0 Å². The fourth-order valence-corrected chi connectivity index (χ4v) is 3.92. The Labute approximate surface area is 177 Å². The summed E-state index contributed by atoms with van der Waals surface area (Å²) in [5.41, 5.74) is 1.16. The van der Waals surface area contributed by atoms with Crippen molar-refractivity contribution in [2.75, 3.05) is 13.7 Å². The van der Waals surface area contributed by atoms with Crippen molar-refractivity contribution in [2.45, 2.75) is 78.6 Å². The zero-order valence-electron chi connectivity index (χ0n) is 18.9. The number of methoxy groups -OCH3 is 1. The van der Waals surface area contributed by atoms with E-state index in [0.29, 0.717) is 13.0 Å². The molecule has 0 saturated carbocycles. The predicted molar refractivity (Wildman–Crippen MR) is 124 cm³/mol. The van der Waals surface area contributed by atoms with E-state index >= 15 is 0 Å². The summed E-state index contributed by atoms with van der Waals surface area (Å²) in [5.74, 6) is 1.13. The van der Waals surface area contributed by atoms with Gasteiger partial charge in [0.1, 0.15) is 5.75 Å². The normalized spacial score (nSPS) is 11.6. The lowest BCUT2D eigenvalue weighted by Gasteiger charge is -2.26. The van der Waals surface area contributed by atoms with Gasteiger partial charge in [-0.1, -0.05) is 95.7 Å². The van der Waals surface area contributed by atoms with Crippen molar-refractivity contribution in [1.29, 1.82) is 0 Å². The molecule has 2 rings (SSSR count). The minimum Gasteiger partial charge on any atom is -0.496 e. The van der Waals surface area contributed by atoms with Crippen LogP contribution in [0.25, 0.3) is 10.8 Å². The van der Waals surface area contributed by atoms with Crippen molar-refractivity contribution < 1.29 is 9.53 Å².